The Bertz CT molecular complexity index is 184. The molecule has 1 atom stereocenters. The molecule has 0 nitrogen and oxygen atoms in total. The smallest absolute Gasteiger partial charge is 0.00820 e. The Hall–Kier alpha value is -0.780. The molecular weight excluding hydrogens is 144 g/mol. The second kappa shape index (κ2) is 5.82. The second-order valence-electron chi connectivity index (χ2n) is 3.56. The SMILES string of the molecule is C=CC(C)C=C(C)CCC(=C)C. The molecule has 0 aliphatic rings. The van der Waals surface area contributed by atoms with E-state index >= 15 is 0 Å². The summed E-state index contributed by atoms with van der Waals surface area (Å²) < 4.78 is 0. The summed E-state index contributed by atoms with van der Waals surface area (Å²) in [6.45, 7) is 14.0. The lowest BCUT2D eigenvalue weighted by molar-refractivity contribution is 0.872. The molecule has 0 spiro atoms. The molecule has 0 aliphatic carbocycles. The molecule has 0 aliphatic heterocycles. The molecular formula is C12H20. The fraction of sp³-hybridized carbons (Fsp3) is 0.500. The molecule has 0 fully saturated rings. The number of allylic oxidation sites excluding steroid dienone is 4. The molecule has 12 heavy (non-hydrogen) atoms. The molecule has 68 valence electrons. The molecule has 0 amide bonds. The van der Waals surface area contributed by atoms with Crippen molar-refractivity contribution < 1.29 is 0 Å². The van der Waals surface area contributed by atoms with E-state index in [1.807, 2.05) is 6.08 Å². The van der Waals surface area contributed by atoms with Gasteiger partial charge in [-0.3, -0.25) is 0 Å². The molecule has 0 radical (unpaired) electrons. The minimum atomic E-state index is 0.495. The molecule has 0 heteroatoms. The van der Waals surface area contributed by atoms with Crippen LogP contribution >= 0.6 is 0 Å². The quantitative estimate of drug-likeness (QED) is 0.536. The normalized spacial score (nSPS) is 14.1. The Kier molecular flexibility index (Phi) is 5.44. The Morgan fingerprint density at radius 1 is 1.33 bits per heavy atom. The van der Waals surface area contributed by atoms with Gasteiger partial charge in [0.05, 0.1) is 0 Å². The molecule has 0 rings (SSSR count). The van der Waals surface area contributed by atoms with Gasteiger partial charge in [0, 0.05) is 0 Å². The van der Waals surface area contributed by atoms with Crippen LogP contribution in [0, 0.1) is 5.92 Å². The van der Waals surface area contributed by atoms with E-state index in [2.05, 4.69) is 40.0 Å². The summed E-state index contributed by atoms with van der Waals surface area (Å²) in [7, 11) is 0. The standard InChI is InChI=1S/C12H20/c1-6-11(4)9-12(5)8-7-10(2)3/h6,9,11H,1-2,7-8H2,3-5H3. The van der Waals surface area contributed by atoms with Crippen LogP contribution in [0.1, 0.15) is 33.6 Å². The maximum Gasteiger partial charge on any atom is -0.00820 e. The maximum atomic E-state index is 3.88. The van der Waals surface area contributed by atoms with Crippen LogP contribution in [0.3, 0.4) is 0 Å². The summed E-state index contributed by atoms with van der Waals surface area (Å²) in [5.41, 5.74) is 2.69. The van der Waals surface area contributed by atoms with Crippen molar-refractivity contribution in [3.8, 4) is 0 Å². The highest BCUT2D eigenvalue weighted by Crippen LogP contribution is 2.12. The van der Waals surface area contributed by atoms with Gasteiger partial charge in [0.15, 0.2) is 0 Å². The highest BCUT2D eigenvalue weighted by Gasteiger charge is 1.94. The van der Waals surface area contributed by atoms with Crippen molar-refractivity contribution in [2.45, 2.75) is 33.6 Å². The van der Waals surface area contributed by atoms with E-state index in [1.165, 1.54) is 11.1 Å². The lowest BCUT2D eigenvalue weighted by atomic mass is 10.0. The Balaban J connectivity index is 3.85. The van der Waals surface area contributed by atoms with Crippen LogP contribution in [0.2, 0.25) is 0 Å². The van der Waals surface area contributed by atoms with E-state index in [1.54, 1.807) is 0 Å². The van der Waals surface area contributed by atoms with E-state index in [0.717, 1.165) is 12.8 Å². The van der Waals surface area contributed by atoms with Gasteiger partial charge >= 0.3 is 0 Å². The van der Waals surface area contributed by atoms with Gasteiger partial charge in [-0.2, -0.15) is 0 Å². The van der Waals surface area contributed by atoms with E-state index in [9.17, 15) is 0 Å². The Morgan fingerprint density at radius 3 is 2.33 bits per heavy atom. The van der Waals surface area contributed by atoms with Crippen molar-refractivity contribution in [3.63, 3.8) is 0 Å². The zero-order valence-corrected chi connectivity index (χ0v) is 8.56. The minimum Gasteiger partial charge on any atom is -0.102 e. The van der Waals surface area contributed by atoms with Gasteiger partial charge in [-0.1, -0.05) is 30.2 Å². The minimum absolute atomic E-state index is 0.495. The van der Waals surface area contributed by atoms with Crippen molar-refractivity contribution in [1.29, 1.82) is 0 Å². The van der Waals surface area contributed by atoms with Crippen LogP contribution in [-0.4, -0.2) is 0 Å². The Morgan fingerprint density at radius 2 is 1.92 bits per heavy atom. The average molecular weight is 164 g/mol. The highest BCUT2D eigenvalue weighted by atomic mass is 14.0. The van der Waals surface area contributed by atoms with Gasteiger partial charge in [0.1, 0.15) is 0 Å². The highest BCUT2D eigenvalue weighted by molar-refractivity contribution is 5.06. The molecule has 1 unspecified atom stereocenters. The fourth-order valence-electron chi connectivity index (χ4n) is 1.01. The summed E-state index contributed by atoms with van der Waals surface area (Å²) in [6.07, 6.45) is 6.46. The van der Waals surface area contributed by atoms with Crippen LogP contribution < -0.4 is 0 Å². The fourth-order valence-corrected chi connectivity index (χ4v) is 1.01. The van der Waals surface area contributed by atoms with Crippen molar-refractivity contribution in [2.75, 3.05) is 0 Å². The number of hydrogen-bond donors (Lipinski definition) is 0. The van der Waals surface area contributed by atoms with Crippen LogP contribution in [0.25, 0.3) is 0 Å². The van der Waals surface area contributed by atoms with E-state index < -0.39 is 0 Å². The number of hydrogen-bond acceptors (Lipinski definition) is 0. The van der Waals surface area contributed by atoms with Gasteiger partial charge in [-0.25, -0.2) is 0 Å². The molecule has 0 N–H and O–H groups in total. The third-order valence-electron chi connectivity index (χ3n) is 1.87. The molecule has 0 saturated heterocycles. The first-order chi connectivity index (χ1) is 5.56. The summed E-state index contributed by atoms with van der Waals surface area (Å²) in [5.74, 6) is 0.495. The molecule has 0 saturated carbocycles. The first-order valence-corrected chi connectivity index (χ1v) is 4.50. The molecule has 0 aromatic carbocycles. The van der Waals surface area contributed by atoms with Crippen molar-refractivity contribution >= 4 is 0 Å². The number of rotatable bonds is 5. The third-order valence-corrected chi connectivity index (χ3v) is 1.87. The van der Waals surface area contributed by atoms with Gasteiger partial charge < -0.3 is 0 Å². The molecule has 0 bridgehead atoms. The van der Waals surface area contributed by atoms with Crippen molar-refractivity contribution in [3.05, 3.63) is 36.5 Å². The lowest BCUT2D eigenvalue weighted by Crippen LogP contribution is -1.86. The summed E-state index contributed by atoms with van der Waals surface area (Å²) >= 11 is 0. The topological polar surface area (TPSA) is 0 Å². The largest absolute Gasteiger partial charge is 0.102 e. The van der Waals surface area contributed by atoms with Gasteiger partial charge in [-0.15, -0.1) is 13.2 Å². The third kappa shape index (κ3) is 5.96. The predicted octanol–water partition coefficient (Wildman–Crippen LogP) is 4.11. The first-order valence-electron chi connectivity index (χ1n) is 4.50. The zero-order chi connectivity index (χ0) is 9.56. The maximum absolute atomic E-state index is 3.88. The van der Waals surface area contributed by atoms with Gasteiger partial charge in [-0.05, 0) is 32.6 Å². The average Bonchev–Trinajstić information content (AvgIpc) is 2.00. The van der Waals surface area contributed by atoms with E-state index in [4.69, 9.17) is 0 Å². The Labute approximate surface area is 76.7 Å². The summed E-state index contributed by atoms with van der Waals surface area (Å²) in [5, 5.41) is 0. The molecule has 0 aromatic rings. The molecule has 0 aromatic heterocycles. The summed E-state index contributed by atoms with van der Waals surface area (Å²) in [4.78, 5) is 0. The van der Waals surface area contributed by atoms with Crippen LogP contribution in [0.4, 0.5) is 0 Å². The second-order valence-corrected chi connectivity index (χ2v) is 3.56. The predicted molar refractivity (Wildman–Crippen MR) is 57.2 cm³/mol. The molecule has 0 heterocycles. The lowest BCUT2D eigenvalue weighted by Gasteiger charge is -2.03. The summed E-state index contributed by atoms with van der Waals surface area (Å²) in [6, 6.07) is 0. The van der Waals surface area contributed by atoms with Crippen LogP contribution in [0.15, 0.2) is 36.5 Å². The van der Waals surface area contributed by atoms with E-state index in [-0.39, 0.29) is 0 Å². The zero-order valence-electron chi connectivity index (χ0n) is 8.56. The van der Waals surface area contributed by atoms with E-state index in [0.29, 0.717) is 5.92 Å². The van der Waals surface area contributed by atoms with Crippen LogP contribution in [0.5, 0.6) is 0 Å². The van der Waals surface area contributed by atoms with Crippen molar-refractivity contribution in [2.24, 2.45) is 5.92 Å². The first kappa shape index (κ1) is 11.2. The van der Waals surface area contributed by atoms with Gasteiger partial charge in [0.25, 0.3) is 0 Å². The van der Waals surface area contributed by atoms with Crippen molar-refractivity contribution in [1.82, 2.24) is 0 Å². The van der Waals surface area contributed by atoms with Gasteiger partial charge in [0.2, 0.25) is 0 Å². The van der Waals surface area contributed by atoms with Crippen LogP contribution in [-0.2, 0) is 0 Å². The monoisotopic (exact) mass is 164 g/mol.